The number of allylic oxidation sites excluding steroid dienone is 3. The molecule has 3 unspecified atom stereocenters. The quantitative estimate of drug-likeness (QED) is 0.464. The second kappa shape index (κ2) is 9.92. The van der Waals surface area contributed by atoms with Crippen LogP contribution in [0, 0.1) is 17.3 Å². The van der Waals surface area contributed by atoms with E-state index in [1.54, 1.807) is 6.08 Å². The van der Waals surface area contributed by atoms with E-state index in [2.05, 4.69) is 6.92 Å². The average Bonchev–Trinajstić information content (AvgIpc) is 2.75. The summed E-state index contributed by atoms with van der Waals surface area (Å²) in [6, 6.07) is 0. The highest BCUT2D eigenvalue weighted by Gasteiger charge is 2.53. The molecule has 3 aliphatic rings. The molecular weight excluding hydrogens is 384 g/mol. The number of methoxy groups -OCH3 is 1. The van der Waals surface area contributed by atoms with Crippen molar-refractivity contribution in [2.75, 3.05) is 20.3 Å². The van der Waals surface area contributed by atoms with Crippen LogP contribution in [0.5, 0.6) is 0 Å². The van der Waals surface area contributed by atoms with E-state index < -0.39 is 17.2 Å². The summed E-state index contributed by atoms with van der Waals surface area (Å²) < 4.78 is 16.6. The van der Waals surface area contributed by atoms with Crippen molar-refractivity contribution in [3.63, 3.8) is 0 Å². The summed E-state index contributed by atoms with van der Waals surface area (Å²) in [5.41, 5.74) is 0.454. The predicted octanol–water partition coefficient (Wildman–Crippen LogP) is 4.41. The summed E-state index contributed by atoms with van der Waals surface area (Å²) in [6.07, 6.45) is 11.1. The molecule has 1 heterocycles. The molecule has 6 nitrogen and oxygen atoms in total. The van der Waals surface area contributed by atoms with Gasteiger partial charge in [-0.05, 0) is 63.9 Å². The van der Waals surface area contributed by atoms with Crippen molar-refractivity contribution in [1.29, 1.82) is 0 Å². The molecule has 0 aromatic carbocycles. The zero-order chi connectivity index (χ0) is 21.7. The lowest BCUT2D eigenvalue weighted by Crippen LogP contribution is -2.45. The third kappa shape index (κ3) is 4.54. The number of rotatable bonds is 8. The highest BCUT2D eigenvalue weighted by atomic mass is 16.7. The lowest BCUT2D eigenvalue weighted by Gasteiger charge is -2.43. The molecule has 1 saturated heterocycles. The molecule has 0 bridgehead atoms. The van der Waals surface area contributed by atoms with Gasteiger partial charge in [0.2, 0.25) is 5.78 Å². The molecule has 2 aliphatic carbocycles. The molecule has 0 radical (unpaired) electrons. The first-order valence-electron chi connectivity index (χ1n) is 11.0. The Morgan fingerprint density at radius 2 is 2.17 bits per heavy atom. The molecule has 0 aromatic heterocycles. The molecule has 0 spiro atoms. The third-order valence-corrected chi connectivity index (χ3v) is 6.77. The minimum Gasteiger partial charge on any atom is -0.504 e. The molecule has 0 saturated carbocycles. The molecule has 166 valence electrons. The van der Waals surface area contributed by atoms with Crippen molar-refractivity contribution >= 4 is 11.8 Å². The summed E-state index contributed by atoms with van der Waals surface area (Å²) in [5.74, 6) is -0.925. The van der Waals surface area contributed by atoms with Gasteiger partial charge in [0.25, 0.3) is 0 Å². The van der Waals surface area contributed by atoms with E-state index in [1.807, 2.05) is 13.0 Å². The van der Waals surface area contributed by atoms with E-state index in [0.29, 0.717) is 24.5 Å². The smallest absolute Gasteiger partial charge is 0.320 e. The molecule has 4 atom stereocenters. The normalized spacial score (nSPS) is 30.0. The highest BCUT2D eigenvalue weighted by molar-refractivity contribution is 6.06. The van der Waals surface area contributed by atoms with Gasteiger partial charge in [0.1, 0.15) is 5.41 Å². The summed E-state index contributed by atoms with van der Waals surface area (Å²) >= 11 is 0. The second-order valence-electron chi connectivity index (χ2n) is 8.73. The number of esters is 1. The van der Waals surface area contributed by atoms with Gasteiger partial charge < -0.3 is 19.3 Å². The number of carbonyl (C=O) groups excluding carboxylic acids is 2. The minimum absolute atomic E-state index is 0.0716. The van der Waals surface area contributed by atoms with Crippen LogP contribution < -0.4 is 0 Å². The van der Waals surface area contributed by atoms with Crippen LogP contribution in [0.1, 0.15) is 58.8 Å². The minimum atomic E-state index is -1.10. The zero-order valence-corrected chi connectivity index (χ0v) is 18.3. The number of fused-ring (bicyclic) bond motifs is 1. The molecule has 0 aromatic rings. The van der Waals surface area contributed by atoms with Gasteiger partial charge in [0.05, 0.1) is 7.11 Å². The van der Waals surface area contributed by atoms with Crippen molar-refractivity contribution in [1.82, 2.24) is 0 Å². The van der Waals surface area contributed by atoms with Crippen LogP contribution in [0.25, 0.3) is 0 Å². The number of ether oxygens (including phenoxy) is 3. The Balaban J connectivity index is 1.66. The van der Waals surface area contributed by atoms with E-state index in [0.717, 1.165) is 50.7 Å². The maximum absolute atomic E-state index is 12.9. The summed E-state index contributed by atoms with van der Waals surface area (Å²) in [7, 11) is 1.36. The van der Waals surface area contributed by atoms with Crippen LogP contribution >= 0.6 is 0 Å². The lowest BCUT2D eigenvalue weighted by molar-refractivity contribution is -0.164. The second-order valence-corrected chi connectivity index (χ2v) is 8.73. The Kier molecular flexibility index (Phi) is 7.53. The maximum Gasteiger partial charge on any atom is 0.320 e. The van der Waals surface area contributed by atoms with Crippen molar-refractivity contribution in [3.05, 3.63) is 35.1 Å². The van der Waals surface area contributed by atoms with Gasteiger partial charge in [-0.25, -0.2) is 0 Å². The Bertz CT molecular complexity index is 743. The Labute approximate surface area is 179 Å². The van der Waals surface area contributed by atoms with Crippen molar-refractivity contribution in [3.8, 4) is 0 Å². The Morgan fingerprint density at radius 1 is 1.37 bits per heavy atom. The molecule has 1 aliphatic heterocycles. The molecule has 3 rings (SSSR count). The first-order chi connectivity index (χ1) is 14.4. The number of hydrogen-bond acceptors (Lipinski definition) is 6. The number of hydrogen-bond donors (Lipinski definition) is 1. The molecule has 30 heavy (non-hydrogen) atoms. The van der Waals surface area contributed by atoms with E-state index >= 15 is 0 Å². The van der Waals surface area contributed by atoms with Crippen LogP contribution in [-0.2, 0) is 23.8 Å². The van der Waals surface area contributed by atoms with E-state index in [1.165, 1.54) is 13.2 Å². The van der Waals surface area contributed by atoms with Crippen LogP contribution in [-0.4, -0.2) is 43.5 Å². The summed E-state index contributed by atoms with van der Waals surface area (Å²) in [5, 5.41) is 10.4. The summed E-state index contributed by atoms with van der Waals surface area (Å²) in [6.45, 7) is 5.64. The fourth-order valence-corrected chi connectivity index (χ4v) is 4.88. The number of aliphatic hydroxyl groups excluding tert-OH is 1. The lowest BCUT2D eigenvalue weighted by atomic mass is 9.59. The number of aliphatic hydroxyl groups is 1. The monoisotopic (exact) mass is 418 g/mol. The molecule has 6 heteroatoms. The average molecular weight is 419 g/mol. The van der Waals surface area contributed by atoms with E-state index in [4.69, 9.17) is 14.2 Å². The van der Waals surface area contributed by atoms with Crippen LogP contribution in [0.3, 0.4) is 0 Å². The van der Waals surface area contributed by atoms with Gasteiger partial charge in [0, 0.05) is 24.7 Å². The first kappa shape index (κ1) is 22.8. The number of carbonyl (C=O) groups is 2. The number of ketones is 1. The Morgan fingerprint density at radius 3 is 2.87 bits per heavy atom. The standard InChI is InChI=1S/C24H34O6/c1-16(12-15-30-21-6-4-5-14-29-21)7-9-18-17(2)8-10-19-22(26)20(25)11-13-24(18,19)23(27)28-3/h8,11,13,16,18,21,26H,4-7,9-10,12,14-15H2,1-3H3/t16-,18?,21?,24?/m1/s1. The third-order valence-electron chi connectivity index (χ3n) is 6.77. The molecule has 1 N–H and O–H groups in total. The van der Waals surface area contributed by atoms with Crippen molar-refractivity contribution in [2.24, 2.45) is 17.3 Å². The van der Waals surface area contributed by atoms with Gasteiger partial charge in [-0.2, -0.15) is 0 Å². The van der Waals surface area contributed by atoms with Crippen molar-refractivity contribution in [2.45, 2.75) is 65.1 Å². The largest absolute Gasteiger partial charge is 0.504 e. The Hall–Kier alpha value is -1.92. The first-order valence-corrected chi connectivity index (χ1v) is 11.0. The molecule has 1 fully saturated rings. The van der Waals surface area contributed by atoms with Crippen LogP contribution in [0.4, 0.5) is 0 Å². The van der Waals surface area contributed by atoms with Crippen LogP contribution in [0.2, 0.25) is 0 Å². The molecule has 0 amide bonds. The fraction of sp³-hybridized carbons (Fsp3) is 0.667. The van der Waals surface area contributed by atoms with Gasteiger partial charge in [-0.3, -0.25) is 9.59 Å². The van der Waals surface area contributed by atoms with Gasteiger partial charge in [0.15, 0.2) is 12.0 Å². The zero-order valence-electron chi connectivity index (χ0n) is 18.3. The van der Waals surface area contributed by atoms with Gasteiger partial charge in [-0.15, -0.1) is 0 Å². The van der Waals surface area contributed by atoms with Gasteiger partial charge in [-0.1, -0.05) is 24.6 Å². The highest BCUT2D eigenvalue weighted by Crippen LogP contribution is 2.52. The van der Waals surface area contributed by atoms with Crippen LogP contribution in [0.15, 0.2) is 35.1 Å². The van der Waals surface area contributed by atoms with Gasteiger partial charge >= 0.3 is 5.97 Å². The van der Waals surface area contributed by atoms with E-state index in [-0.39, 0.29) is 18.0 Å². The van der Waals surface area contributed by atoms with E-state index in [9.17, 15) is 14.7 Å². The topological polar surface area (TPSA) is 82.1 Å². The summed E-state index contributed by atoms with van der Waals surface area (Å²) in [4.78, 5) is 24.9. The maximum atomic E-state index is 12.9. The molecular formula is C24H34O6. The van der Waals surface area contributed by atoms with Crippen molar-refractivity contribution < 1.29 is 28.9 Å². The fourth-order valence-electron chi connectivity index (χ4n) is 4.88. The SMILES string of the molecule is COC(=O)C12C=CC(=O)C(O)=C1CC=C(C)C2CC[C@@H](C)CCOC1CCCCO1. The predicted molar refractivity (Wildman–Crippen MR) is 113 cm³/mol.